The summed E-state index contributed by atoms with van der Waals surface area (Å²) in [6, 6.07) is 0. The number of rotatable bonds is 9. The third-order valence-electron chi connectivity index (χ3n) is 1.88. The average molecular weight is 269 g/mol. The fourth-order valence-electron chi connectivity index (χ4n) is 1.10. The molecule has 3 N–H and O–H groups in total. The number of hydrogen-bond acceptors (Lipinski definition) is 4. The second-order valence-corrected chi connectivity index (χ2v) is 5.58. The van der Waals surface area contributed by atoms with Crippen LogP contribution in [0, 0.1) is 0 Å². The van der Waals surface area contributed by atoms with Gasteiger partial charge in [0.2, 0.25) is 0 Å². The molecule has 0 saturated heterocycles. The Morgan fingerprint density at radius 3 is 2.21 bits per heavy atom. The van der Waals surface area contributed by atoms with Crippen molar-refractivity contribution in [1.29, 1.82) is 0 Å². The molecule has 0 amide bonds. The minimum absolute atomic E-state index is 0. The van der Waals surface area contributed by atoms with Gasteiger partial charge in [0.25, 0.3) is 0 Å². The molecule has 5 heteroatoms. The van der Waals surface area contributed by atoms with Crippen LogP contribution in [-0.4, -0.2) is 29.0 Å². The Bertz CT molecular complexity index is 133. The summed E-state index contributed by atoms with van der Waals surface area (Å²) in [5, 5.41) is 0. The summed E-state index contributed by atoms with van der Waals surface area (Å²) in [6.07, 6.45) is 7.34. The van der Waals surface area contributed by atoms with Gasteiger partial charge in [-0.2, -0.15) is 0 Å². The van der Waals surface area contributed by atoms with Gasteiger partial charge < -0.3 is 6.15 Å². The smallest absolute Gasteiger partial charge is 0.344 e. The molecule has 0 fully saturated rings. The Morgan fingerprint density at radius 2 is 1.64 bits per heavy atom. The van der Waals surface area contributed by atoms with E-state index in [2.05, 4.69) is 10.6 Å². The first-order chi connectivity index (χ1) is 6.31. The summed E-state index contributed by atoms with van der Waals surface area (Å²) in [6.45, 7) is 2.80. The first kappa shape index (κ1) is 16.7. The molecule has 0 heterocycles. The molecule has 0 aromatic carbocycles. The van der Waals surface area contributed by atoms with Gasteiger partial charge >= 0.3 is 85.6 Å². The predicted molar refractivity (Wildman–Crippen MR) is 59.2 cm³/mol. The van der Waals surface area contributed by atoms with Gasteiger partial charge in [-0.1, -0.05) is 0 Å². The van der Waals surface area contributed by atoms with Crippen molar-refractivity contribution < 1.29 is 11.2 Å². The molecule has 0 radical (unpaired) electrons. The van der Waals surface area contributed by atoms with E-state index >= 15 is 0 Å². The second kappa shape index (κ2) is 13.2. The van der Waals surface area contributed by atoms with Gasteiger partial charge in [-0.3, -0.25) is 0 Å². The molecule has 4 nitrogen and oxygen atoms in total. The molecule has 0 aromatic heterocycles. The molecule has 0 bridgehead atoms. The van der Waals surface area contributed by atoms with Crippen molar-refractivity contribution in [3.8, 4) is 0 Å². The van der Waals surface area contributed by atoms with Crippen LogP contribution in [0.4, 0.5) is 0 Å². The maximum absolute atomic E-state index is 10.8. The van der Waals surface area contributed by atoms with Crippen LogP contribution in [0.2, 0.25) is 0 Å². The van der Waals surface area contributed by atoms with Crippen LogP contribution in [0.3, 0.4) is 0 Å². The van der Waals surface area contributed by atoms with E-state index in [4.69, 9.17) is 3.73 Å². The Hall–Kier alpha value is 0.238. The van der Waals surface area contributed by atoms with E-state index in [1.165, 1.54) is 39.2 Å². The van der Waals surface area contributed by atoms with Crippen molar-refractivity contribution in [2.24, 2.45) is 0 Å². The van der Waals surface area contributed by atoms with Gasteiger partial charge in [0, 0.05) is 0 Å². The van der Waals surface area contributed by atoms with Crippen LogP contribution >= 0.6 is 0 Å². The third-order valence-corrected chi connectivity index (χ3v) is 3.51. The zero-order valence-corrected chi connectivity index (χ0v) is 11.5. The van der Waals surface area contributed by atoms with Gasteiger partial charge in [0.15, 0.2) is 0 Å². The molecule has 0 saturated carbocycles. The SMILES string of the molecule is CCCCCCCCO[AsH](=O)OC.N. The van der Waals surface area contributed by atoms with Gasteiger partial charge in [-0.05, 0) is 0 Å². The summed E-state index contributed by atoms with van der Waals surface area (Å²) in [5.74, 6) is 0. The van der Waals surface area contributed by atoms with Crippen molar-refractivity contribution in [1.82, 2.24) is 6.15 Å². The fourth-order valence-corrected chi connectivity index (χ4v) is 2.00. The Kier molecular flexibility index (Phi) is 15.8. The van der Waals surface area contributed by atoms with Crippen LogP contribution in [0.1, 0.15) is 45.4 Å². The largest absolute Gasteiger partial charge is 0.344 e. The molecular weight excluding hydrogens is 245 g/mol. The molecule has 0 aliphatic carbocycles. The second-order valence-electron chi connectivity index (χ2n) is 3.07. The van der Waals surface area contributed by atoms with E-state index in [9.17, 15) is 3.74 Å². The maximum Gasteiger partial charge on any atom is -0.344 e. The van der Waals surface area contributed by atoms with E-state index in [1.807, 2.05) is 0 Å². The first-order valence-electron chi connectivity index (χ1n) is 5.02. The minimum atomic E-state index is -2.74. The zero-order valence-electron chi connectivity index (χ0n) is 9.38. The predicted octanol–water partition coefficient (Wildman–Crippen LogP) is 2.32. The summed E-state index contributed by atoms with van der Waals surface area (Å²) >= 11 is -2.74. The summed E-state index contributed by atoms with van der Waals surface area (Å²) in [4.78, 5) is 0. The number of hydrogen-bond donors (Lipinski definition) is 1. The molecule has 1 unspecified atom stereocenters. The van der Waals surface area contributed by atoms with Crippen molar-refractivity contribution in [3.05, 3.63) is 0 Å². The minimum Gasteiger partial charge on any atom is -0.344 e. The summed E-state index contributed by atoms with van der Waals surface area (Å²) in [5.41, 5.74) is 0. The Balaban J connectivity index is 0. The van der Waals surface area contributed by atoms with Gasteiger partial charge in [-0.25, -0.2) is 0 Å². The van der Waals surface area contributed by atoms with Gasteiger partial charge in [0.05, 0.1) is 0 Å². The van der Waals surface area contributed by atoms with E-state index in [-0.39, 0.29) is 6.15 Å². The van der Waals surface area contributed by atoms with Crippen LogP contribution in [0.25, 0.3) is 0 Å². The molecule has 1 atom stereocenters. The molecule has 0 aromatic rings. The first-order valence-corrected chi connectivity index (χ1v) is 7.59. The monoisotopic (exact) mass is 269 g/mol. The molecule has 0 aliphatic heterocycles. The van der Waals surface area contributed by atoms with Crippen molar-refractivity contribution in [3.63, 3.8) is 0 Å². The molecule has 0 rings (SSSR count). The van der Waals surface area contributed by atoms with Crippen LogP contribution in [0.5, 0.6) is 0 Å². The maximum atomic E-state index is 10.8. The quantitative estimate of drug-likeness (QED) is 0.515. The third kappa shape index (κ3) is 12.2. The van der Waals surface area contributed by atoms with Crippen LogP contribution < -0.4 is 6.15 Å². The summed E-state index contributed by atoms with van der Waals surface area (Å²) < 4.78 is 20.3. The van der Waals surface area contributed by atoms with Crippen molar-refractivity contribution >= 4 is 15.3 Å². The average Bonchev–Trinajstić information content (AvgIpc) is 2.16. The van der Waals surface area contributed by atoms with Gasteiger partial charge in [0.1, 0.15) is 0 Å². The molecule has 14 heavy (non-hydrogen) atoms. The standard InChI is InChI=1S/C9H21AsO3.H3N/c1-3-4-5-6-7-8-9-13-10(11)12-2;/h10H,3-9H2,1-2H3;1H3. The topological polar surface area (TPSA) is 70.5 Å². The number of unbranched alkanes of at least 4 members (excludes halogenated alkanes) is 5. The normalized spacial score (nSPS) is 12.1. The molecule has 0 spiro atoms. The van der Waals surface area contributed by atoms with Gasteiger partial charge in [-0.15, -0.1) is 0 Å². The summed E-state index contributed by atoms with van der Waals surface area (Å²) in [7, 11) is 1.43. The van der Waals surface area contributed by atoms with E-state index in [0.29, 0.717) is 6.61 Å². The van der Waals surface area contributed by atoms with Crippen molar-refractivity contribution in [2.45, 2.75) is 45.4 Å². The van der Waals surface area contributed by atoms with E-state index in [0.717, 1.165) is 6.42 Å². The molecule has 88 valence electrons. The Morgan fingerprint density at radius 1 is 1.07 bits per heavy atom. The zero-order chi connectivity index (χ0) is 9.94. The Labute approximate surface area is 92.1 Å². The van der Waals surface area contributed by atoms with Crippen molar-refractivity contribution in [2.75, 3.05) is 13.7 Å². The fraction of sp³-hybridized carbons (Fsp3) is 1.00. The van der Waals surface area contributed by atoms with E-state index < -0.39 is 15.3 Å². The van der Waals surface area contributed by atoms with Crippen LogP contribution in [-0.2, 0) is 11.2 Å². The van der Waals surface area contributed by atoms with E-state index in [1.54, 1.807) is 0 Å². The molecular formula is C9H24AsNO3. The van der Waals surface area contributed by atoms with Crippen LogP contribution in [0.15, 0.2) is 0 Å². The molecule has 0 aliphatic rings.